The van der Waals surface area contributed by atoms with E-state index in [0.29, 0.717) is 24.1 Å². The van der Waals surface area contributed by atoms with Crippen molar-refractivity contribution in [2.24, 2.45) is 4.99 Å². The maximum atomic E-state index is 12.3. The van der Waals surface area contributed by atoms with Crippen LogP contribution in [0.25, 0.3) is 0 Å². The van der Waals surface area contributed by atoms with Crippen LogP contribution in [0.3, 0.4) is 0 Å². The van der Waals surface area contributed by atoms with Gasteiger partial charge in [-0.2, -0.15) is 13.2 Å². The largest absolute Gasteiger partial charge is 0.468 e. The molecule has 1 aliphatic carbocycles. The third-order valence-electron chi connectivity index (χ3n) is 3.92. The minimum absolute atomic E-state index is 0. The van der Waals surface area contributed by atoms with Gasteiger partial charge in [0, 0.05) is 24.3 Å². The minimum Gasteiger partial charge on any atom is -0.468 e. The summed E-state index contributed by atoms with van der Waals surface area (Å²) in [6.45, 7) is 1.52. The standard InChI is InChI=1S/C17H25F3N4O.HI/c1-2-21-16(24-14-8-4-3-5-9-14)23-11-13-7-6-10-22-15(13)25-12-17(18,19)20;/h6-7,10,14H,2-5,8-9,11-12H2,1H3,(H2,21,23,24);1H. The molecule has 0 atom stereocenters. The fourth-order valence-corrected chi connectivity index (χ4v) is 2.75. The molecule has 0 bridgehead atoms. The van der Waals surface area contributed by atoms with Gasteiger partial charge in [-0.3, -0.25) is 0 Å². The highest BCUT2D eigenvalue weighted by Gasteiger charge is 2.29. The van der Waals surface area contributed by atoms with E-state index >= 15 is 0 Å². The van der Waals surface area contributed by atoms with E-state index in [1.165, 1.54) is 25.5 Å². The van der Waals surface area contributed by atoms with Crippen LogP contribution in [0.15, 0.2) is 23.3 Å². The van der Waals surface area contributed by atoms with Gasteiger partial charge in [0.25, 0.3) is 0 Å². The average molecular weight is 486 g/mol. The van der Waals surface area contributed by atoms with Gasteiger partial charge in [0.05, 0.1) is 6.54 Å². The Bertz CT molecular complexity index is 563. The van der Waals surface area contributed by atoms with Gasteiger partial charge in [-0.05, 0) is 25.8 Å². The molecule has 9 heteroatoms. The summed E-state index contributed by atoms with van der Waals surface area (Å²) in [6, 6.07) is 3.72. The lowest BCUT2D eigenvalue weighted by atomic mass is 9.96. The molecule has 0 spiro atoms. The minimum atomic E-state index is -4.39. The molecule has 1 aromatic heterocycles. The second-order valence-corrected chi connectivity index (χ2v) is 6.05. The molecule has 0 radical (unpaired) electrons. The number of halogens is 4. The number of nitrogens with one attached hydrogen (secondary N) is 2. The fraction of sp³-hybridized carbons (Fsp3) is 0.647. The number of ether oxygens (including phenoxy) is 1. The Morgan fingerprint density at radius 1 is 1.31 bits per heavy atom. The molecule has 1 fully saturated rings. The van der Waals surface area contributed by atoms with Crippen molar-refractivity contribution in [1.82, 2.24) is 15.6 Å². The summed E-state index contributed by atoms with van der Waals surface area (Å²) in [4.78, 5) is 8.37. The van der Waals surface area contributed by atoms with Crippen LogP contribution in [0.2, 0.25) is 0 Å². The second-order valence-electron chi connectivity index (χ2n) is 6.05. The van der Waals surface area contributed by atoms with E-state index in [4.69, 9.17) is 4.74 Å². The van der Waals surface area contributed by atoms with Gasteiger partial charge in [0.1, 0.15) is 0 Å². The first-order valence-electron chi connectivity index (χ1n) is 8.66. The van der Waals surface area contributed by atoms with Crippen LogP contribution >= 0.6 is 24.0 Å². The van der Waals surface area contributed by atoms with E-state index < -0.39 is 12.8 Å². The average Bonchev–Trinajstić information content (AvgIpc) is 2.59. The molecule has 1 aromatic rings. The Kier molecular flexibility index (Phi) is 10.0. The van der Waals surface area contributed by atoms with Gasteiger partial charge in [0.15, 0.2) is 12.6 Å². The summed E-state index contributed by atoms with van der Waals surface area (Å²) in [5.41, 5.74) is 0.521. The quantitative estimate of drug-likeness (QED) is 0.362. The number of aliphatic imine (C=N–C) groups is 1. The SMILES string of the molecule is CCNC(=NCc1cccnc1OCC(F)(F)F)NC1CCCCC1.I. The number of hydrogen-bond donors (Lipinski definition) is 2. The molecule has 2 N–H and O–H groups in total. The van der Waals surface area contributed by atoms with Crippen LogP contribution < -0.4 is 15.4 Å². The summed E-state index contributed by atoms with van der Waals surface area (Å²) in [5, 5.41) is 6.57. The van der Waals surface area contributed by atoms with Crippen LogP contribution in [0.4, 0.5) is 13.2 Å². The third kappa shape index (κ3) is 8.41. The van der Waals surface area contributed by atoms with Crippen molar-refractivity contribution in [1.29, 1.82) is 0 Å². The zero-order valence-electron chi connectivity index (χ0n) is 14.8. The van der Waals surface area contributed by atoms with E-state index in [1.54, 1.807) is 12.1 Å². The maximum Gasteiger partial charge on any atom is 0.422 e. The molecule has 26 heavy (non-hydrogen) atoms. The molecule has 5 nitrogen and oxygen atoms in total. The molecule has 0 amide bonds. The second kappa shape index (κ2) is 11.5. The maximum absolute atomic E-state index is 12.3. The first-order valence-corrected chi connectivity index (χ1v) is 8.66. The van der Waals surface area contributed by atoms with Crippen LogP contribution in [0, 0.1) is 0 Å². The van der Waals surface area contributed by atoms with E-state index in [-0.39, 0.29) is 36.4 Å². The molecule has 1 aliphatic rings. The first kappa shape index (κ1) is 22.8. The molecule has 0 aliphatic heterocycles. The van der Waals surface area contributed by atoms with Crippen molar-refractivity contribution in [3.8, 4) is 5.88 Å². The zero-order chi connectivity index (χ0) is 18.1. The predicted octanol–water partition coefficient (Wildman–Crippen LogP) is 4.03. The van der Waals surface area contributed by atoms with E-state index in [1.807, 2.05) is 6.92 Å². The number of pyridine rings is 1. The van der Waals surface area contributed by atoms with Gasteiger partial charge in [-0.15, -0.1) is 24.0 Å². The highest BCUT2D eigenvalue weighted by molar-refractivity contribution is 14.0. The topological polar surface area (TPSA) is 58.5 Å². The Morgan fingerprint density at radius 2 is 2.04 bits per heavy atom. The normalized spacial score (nSPS) is 15.9. The molecular formula is C17H26F3IN4O. The predicted molar refractivity (Wildman–Crippen MR) is 106 cm³/mol. The van der Waals surface area contributed by atoms with Gasteiger partial charge in [0.2, 0.25) is 5.88 Å². The van der Waals surface area contributed by atoms with Gasteiger partial charge in [-0.25, -0.2) is 9.98 Å². The Morgan fingerprint density at radius 3 is 2.69 bits per heavy atom. The zero-order valence-corrected chi connectivity index (χ0v) is 17.1. The molecule has 0 aromatic carbocycles. The molecule has 2 rings (SSSR count). The lowest BCUT2D eigenvalue weighted by molar-refractivity contribution is -0.154. The van der Waals surface area contributed by atoms with Crippen molar-refractivity contribution in [3.05, 3.63) is 23.9 Å². The fourth-order valence-electron chi connectivity index (χ4n) is 2.75. The Balaban J connectivity index is 0.00000338. The summed E-state index contributed by atoms with van der Waals surface area (Å²) >= 11 is 0. The molecule has 1 saturated carbocycles. The van der Waals surface area contributed by atoms with Crippen molar-refractivity contribution < 1.29 is 17.9 Å². The van der Waals surface area contributed by atoms with E-state index in [9.17, 15) is 13.2 Å². The van der Waals surface area contributed by atoms with Gasteiger partial charge < -0.3 is 15.4 Å². The number of nitrogens with zero attached hydrogens (tertiary/aromatic N) is 2. The monoisotopic (exact) mass is 486 g/mol. The smallest absolute Gasteiger partial charge is 0.422 e. The van der Waals surface area contributed by atoms with E-state index in [2.05, 4.69) is 20.6 Å². The van der Waals surface area contributed by atoms with Crippen molar-refractivity contribution in [2.75, 3.05) is 13.2 Å². The molecule has 0 unspecified atom stereocenters. The highest BCUT2D eigenvalue weighted by Crippen LogP contribution is 2.21. The lowest BCUT2D eigenvalue weighted by Crippen LogP contribution is -2.44. The van der Waals surface area contributed by atoms with Crippen molar-refractivity contribution >= 4 is 29.9 Å². The molecule has 1 heterocycles. The Labute approximate surface area is 169 Å². The molecule has 0 saturated heterocycles. The number of guanidine groups is 1. The number of alkyl halides is 3. The van der Waals surface area contributed by atoms with Gasteiger partial charge >= 0.3 is 6.18 Å². The Hall–Kier alpha value is -1.26. The summed E-state index contributed by atoms with van der Waals surface area (Å²) in [6.07, 6.45) is 2.90. The molecule has 148 valence electrons. The number of rotatable bonds is 6. The van der Waals surface area contributed by atoms with Crippen LogP contribution in [0.5, 0.6) is 5.88 Å². The summed E-state index contributed by atoms with van der Waals surface area (Å²) in [7, 11) is 0. The van der Waals surface area contributed by atoms with Crippen molar-refractivity contribution in [3.63, 3.8) is 0 Å². The number of aromatic nitrogens is 1. The van der Waals surface area contributed by atoms with Crippen LogP contribution in [-0.2, 0) is 6.54 Å². The summed E-state index contributed by atoms with van der Waals surface area (Å²) < 4.78 is 41.8. The first-order chi connectivity index (χ1) is 12.0. The van der Waals surface area contributed by atoms with Crippen molar-refractivity contribution in [2.45, 2.75) is 57.8 Å². The summed E-state index contributed by atoms with van der Waals surface area (Å²) in [5.74, 6) is 0.636. The van der Waals surface area contributed by atoms with Crippen LogP contribution in [-0.4, -0.2) is 36.3 Å². The third-order valence-corrected chi connectivity index (χ3v) is 3.92. The van der Waals surface area contributed by atoms with E-state index in [0.717, 1.165) is 12.8 Å². The molecular weight excluding hydrogens is 460 g/mol. The van der Waals surface area contributed by atoms with Gasteiger partial charge in [-0.1, -0.05) is 25.3 Å². The lowest BCUT2D eigenvalue weighted by Gasteiger charge is -2.24. The highest BCUT2D eigenvalue weighted by atomic mass is 127. The number of hydrogen-bond acceptors (Lipinski definition) is 3. The van der Waals surface area contributed by atoms with Crippen LogP contribution in [0.1, 0.15) is 44.6 Å².